The summed E-state index contributed by atoms with van der Waals surface area (Å²) in [7, 11) is 0. The molecule has 21 heavy (non-hydrogen) atoms. The third-order valence-corrected chi connectivity index (χ3v) is 4.19. The van der Waals surface area contributed by atoms with Crippen LogP contribution in [0.15, 0.2) is 12.7 Å². The summed E-state index contributed by atoms with van der Waals surface area (Å²) >= 11 is 0. The van der Waals surface area contributed by atoms with Gasteiger partial charge in [0, 0.05) is 19.1 Å². The first-order valence-corrected chi connectivity index (χ1v) is 7.79. The molecule has 0 fully saturated rings. The number of hydrogen-bond donors (Lipinski definition) is 1. The van der Waals surface area contributed by atoms with E-state index in [1.54, 1.807) is 0 Å². The minimum absolute atomic E-state index is 0.0236. The topological polar surface area (TPSA) is 55.8 Å². The van der Waals surface area contributed by atoms with Crippen LogP contribution in [0.3, 0.4) is 0 Å². The highest BCUT2D eigenvalue weighted by atomic mass is 16.5. The van der Waals surface area contributed by atoms with Crippen molar-refractivity contribution in [2.75, 3.05) is 13.2 Å². The summed E-state index contributed by atoms with van der Waals surface area (Å²) in [5.74, 6) is -0.516. The number of hydrogen-bond acceptors (Lipinski definition) is 4. The Morgan fingerprint density at radius 3 is 2.38 bits per heavy atom. The first-order chi connectivity index (χ1) is 9.68. The van der Waals surface area contributed by atoms with Crippen LogP contribution >= 0.6 is 0 Å². The highest BCUT2D eigenvalue weighted by Crippen LogP contribution is 2.27. The number of rotatable bonds is 11. The van der Waals surface area contributed by atoms with Crippen LogP contribution in [-0.4, -0.2) is 36.0 Å². The van der Waals surface area contributed by atoms with E-state index in [0.29, 0.717) is 13.0 Å². The van der Waals surface area contributed by atoms with Crippen molar-refractivity contribution < 1.29 is 19.4 Å². The SMILES string of the molecule is C=CC(=O)OCC(O)CC(C)(CC)OCCC(C)(C)CC. The van der Waals surface area contributed by atoms with Gasteiger partial charge in [0.15, 0.2) is 0 Å². The molecule has 1 N–H and O–H groups in total. The molecular weight excluding hydrogens is 268 g/mol. The molecule has 0 aromatic rings. The standard InChI is InChI=1S/C17H32O4/c1-7-15(19)20-13-14(18)12-17(6,9-3)21-11-10-16(4,5)8-2/h7,14,18H,1,8-13H2,2-6H3. The van der Waals surface area contributed by atoms with E-state index in [4.69, 9.17) is 9.47 Å². The van der Waals surface area contributed by atoms with Crippen LogP contribution in [0.5, 0.6) is 0 Å². The number of aliphatic hydroxyl groups excluding tert-OH is 1. The monoisotopic (exact) mass is 300 g/mol. The number of ether oxygens (including phenoxy) is 2. The van der Waals surface area contributed by atoms with Crippen molar-refractivity contribution in [1.29, 1.82) is 0 Å². The van der Waals surface area contributed by atoms with Crippen LogP contribution < -0.4 is 0 Å². The largest absolute Gasteiger partial charge is 0.460 e. The van der Waals surface area contributed by atoms with Crippen molar-refractivity contribution in [2.24, 2.45) is 5.41 Å². The number of carbonyl (C=O) groups excluding carboxylic acids is 1. The zero-order valence-electron chi connectivity index (χ0n) is 14.3. The van der Waals surface area contributed by atoms with Crippen molar-refractivity contribution in [3.05, 3.63) is 12.7 Å². The molecule has 0 aromatic carbocycles. The van der Waals surface area contributed by atoms with E-state index in [1.165, 1.54) is 0 Å². The van der Waals surface area contributed by atoms with Crippen molar-refractivity contribution in [1.82, 2.24) is 0 Å². The zero-order chi connectivity index (χ0) is 16.5. The van der Waals surface area contributed by atoms with E-state index in [-0.39, 0.29) is 12.0 Å². The van der Waals surface area contributed by atoms with E-state index in [2.05, 4.69) is 27.4 Å². The summed E-state index contributed by atoms with van der Waals surface area (Å²) in [6.07, 6.45) is 3.71. The Balaban J connectivity index is 4.26. The minimum Gasteiger partial charge on any atom is -0.460 e. The number of aliphatic hydroxyl groups is 1. The number of carbonyl (C=O) groups is 1. The Kier molecular flexibility index (Phi) is 8.83. The van der Waals surface area contributed by atoms with Gasteiger partial charge in [-0.1, -0.05) is 40.7 Å². The molecule has 2 unspecified atom stereocenters. The average molecular weight is 300 g/mol. The van der Waals surface area contributed by atoms with Gasteiger partial charge >= 0.3 is 5.97 Å². The van der Waals surface area contributed by atoms with E-state index in [9.17, 15) is 9.90 Å². The third-order valence-electron chi connectivity index (χ3n) is 4.19. The molecule has 0 radical (unpaired) electrons. The smallest absolute Gasteiger partial charge is 0.330 e. The quantitative estimate of drug-likeness (QED) is 0.469. The van der Waals surface area contributed by atoms with Gasteiger partial charge in [0.2, 0.25) is 0 Å². The fraction of sp³-hybridized carbons (Fsp3) is 0.824. The van der Waals surface area contributed by atoms with Crippen molar-refractivity contribution >= 4 is 5.97 Å². The molecule has 4 nitrogen and oxygen atoms in total. The van der Waals surface area contributed by atoms with Gasteiger partial charge < -0.3 is 14.6 Å². The first kappa shape index (κ1) is 20.1. The Labute approximate surface area is 129 Å². The second-order valence-electron chi connectivity index (χ2n) is 6.61. The molecule has 0 aromatic heterocycles. The van der Waals surface area contributed by atoms with Crippen LogP contribution in [0.2, 0.25) is 0 Å². The summed E-state index contributed by atoms with van der Waals surface area (Å²) in [5, 5.41) is 9.97. The number of esters is 1. The lowest BCUT2D eigenvalue weighted by Crippen LogP contribution is -2.36. The van der Waals surface area contributed by atoms with Gasteiger partial charge in [0.1, 0.15) is 6.61 Å². The fourth-order valence-electron chi connectivity index (χ4n) is 1.85. The summed E-state index contributed by atoms with van der Waals surface area (Å²) in [4.78, 5) is 11.0. The van der Waals surface area contributed by atoms with Crippen LogP contribution in [0, 0.1) is 5.41 Å². The van der Waals surface area contributed by atoms with Crippen LogP contribution in [0.4, 0.5) is 0 Å². The van der Waals surface area contributed by atoms with Crippen molar-refractivity contribution in [2.45, 2.75) is 72.0 Å². The van der Waals surface area contributed by atoms with Gasteiger partial charge in [-0.2, -0.15) is 0 Å². The lowest BCUT2D eigenvalue weighted by Gasteiger charge is -2.32. The third kappa shape index (κ3) is 8.89. The molecule has 0 aliphatic carbocycles. The Bertz CT molecular complexity index is 325. The van der Waals surface area contributed by atoms with E-state index in [1.807, 2.05) is 13.8 Å². The van der Waals surface area contributed by atoms with Gasteiger partial charge in [0.25, 0.3) is 0 Å². The molecule has 124 valence electrons. The highest BCUT2D eigenvalue weighted by molar-refractivity contribution is 5.81. The maximum Gasteiger partial charge on any atom is 0.330 e. The summed E-state index contributed by atoms with van der Waals surface area (Å²) in [6.45, 7) is 14.6. The second-order valence-corrected chi connectivity index (χ2v) is 6.61. The fourth-order valence-corrected chi connectivity index (χ4v) is 1.85. The molecule has 0 saturated heterocycles. The van der Waals surface area contributed by atoms with Crippen LogP contribution in [0.1, 0.15) is 60.3 Å². The normalized spacial score (nSPS) is 16.1. The van der Waals surface area contributed by atoms with Gasteiger partial charge in [-0.05, 0) is 25.2 Å². The van der Waals surface area contributed by atoms with Gasteiger partial charge in [0.05, 0.1) is 11.7 Å². The maximum absolute atomic E-state index is 11.0. The Hall–Kier alpha value is -0.870. The molecule has 0 amide bonds. The molecule has 4 heteroatoms. The molecule has 2 atom stereocenters. The average Bonchev–Trinajstić information content (AvgIpc) is 2.44. The van der Waals surface area contributed by atoms with Gasteiger partial charge in [-0.15, -0.1) is 0 Å². The first-order valence-electron chi connectivity index (χ1n) is 7.79. The summed E-state index contributed by atoms with van der Waals surface area (Å²) in [6, 6.07) is 0. The van der Waals surface area contributed by atoms with Crippen LogP contribution in [0.25, 0.3) is 0 Å². The van der Waals surface area contributed by atoms with Crippen molar-refractivity contribution in [3.8, 4) is 0 Å². The van der Waals surface area contributed by atoms with Gasteiger partial charge in [-0.3, -0.25) is 0 Å². The lowest BCUT2D eigenvalue weighted by atomic mass is 9.87. The molecule has 0 spiro atoms. The predicted octanol–water partition coefficient (Wildman–Crippen LogP) is 3.48. The second kappa shape index (κ2) is 9.21. The molecule has 0 saturated carbocycles. The highest BCUT2D eigenvalue weighted by Gasteiger charge is 2.28. The predicted molar refractivity (Wildman–Crippen MR) is 85.1 cm³/mol. The van der Waals surface area contributed by atoms with Gasteiger partial charge in [-0.25, -0.2) is 4.79 Å². The Morgan fingerprint density at radius 2 is 1.90 bits per heavy atom. The van der Waals surface area contributed by atoms with Crippen molar-refractivity contribution in [3.63, 3.8) is 0 Å². The lowest BCUT2D eigenvalue weighted by molar-refractivity contribution is -0.143. The molecule has 0 aliphatic rings. The zero-order valence-corrected chi connectivity index (χ0v) is 14.3. The maximum atomic E-state index is 11.0. The van der Waals surface area contributed by atoms with E-state index < -0.39 is 17.7 Å². The van der Waals surface area contributed by atoms with E-state index >= 15 is 0 Å². The summed E-state index contributed by atoms with van der Waals surface area (Å²) in [5.41, 5.74) is -0.128. The minimum atomic E-state index is -0.724. The molecule has 0 bridgehead atoms. The molecule has 0 heterocycles. The van der Waals surface area contributed by atoms with E-state index in [0.717, 1.165) is 25.3 Å². The van der Waals surface area contributed by atoms with Crippen LogP contribution in [-0.2, 0) is 14.3 Å². The molecule has 0 aliphatic heterocycles. The molecular formula is C17H32O4. The Morgan fingerprint density at radius 1 is 1.29 bits per heavy atom. The molecule has 0 rings (SSSR count). The summed E-state index contributed by atoms with van der Waals surface area (Å²) < 4.78 is 10.9.